The van der Waals surface area contributed by atoms with E-state index in [1.54, 1.807) is 30.3 Å². The highest BCUT2D eigenvalue weighted by molar-refractivity contribution is 6.35. The number of carbonyl (C=O) groups excluding carboxylic acids is 2. The Morgan fingerprint density at radius 1 is 1.00 bits per heavy atom. The molecular formula is C19H20Cl2N2O3. The lowest BCUT2D eigenvalue weighted by Crippen LogP contribution is -2.41. The highest BCUT2D eigenvalue weighted by Gasteiger charge is 2.09. The summed E-state index contributed by atoms with van der Waals surface area (Å²) in [6, 6.07) is 10.4. The average molecular weight is 395 g/mol. The van der Waals surface area contributed by atoms with Crippen molar-refractivity contribution >= 4 is 35.0 Å². The SMILES string of the molecule is Cc1cc(C)cc(C(=O)NNC(=O)CCCOc2ccc(Cl)cc2Cl)c1. The average Bonchev–Trinajstić information content (AvgIpc) is 2.57. The maximum absolute atomic E-state index is 12.1. The first kappa shape index (κ1) is 20.1. The number of rotatable bonds is 6. The minimum Gasteiger partial charge on any atom is -0.492 e. The fraction of sp³-hybridized carbons (Fsp3) is 0.263. The first-order chi connectivity index (χ1) is 12.3. The first-order valence-corrected chi connectivity index (χ1v) is 8.86. The van der Waals surface area contributed by atoms with Gasteiger partial charge >= 0.3 is 0 Å². The van der Waals surface area contributed by atoms with Crippen molar-refractivity contribution in [3.8, 4) is 5.75 Å². The highest BCUT2D eigenvalue weighted by Crippen LogP contribution is 2.27. The molecule has 2 N–H and O–H groups in total. The van der Waals surface area contributed by atoms with Gasteiger partial charge in [0, 0.05) is 17.0 Å². The Kier molecular flexibility index (Phi) is 7.30. The van der Waals surface area contributed by atoms with Crippen molar-refractivity contribution in [2.45, 2.75) is 26.7 Å². The van der Waals surface area contributed by atoms with Gasteiger partial charge in [0.1, 0.15) is 5.75 Å². The van der Waals surface area contributed by atoms with Crippen LogP contribution in [0.15, 0.2) is 36.4 Å². The van der Waals surface area contributed by atoms with Gasteiger partial charge in [-0.05, 0) is 50.6 Å². The van der Waals surface area contributed by atoms with Crippen LogP contribution in [0.25, 0.3) is 0 Å². The van der Waals surface area contributed by atoms with Gasteiger partial charge < -0.3 is 4.74 Å². The molecular weight excluding hydrogens is 375 g/mol. The predicted octanol–water partition coefficient (Wildman–Crippen LogP) is 4.23. The number of hydrazine groups is 1. The smallest absolute Gasteiger partial charge is 0.269 e. The molecule has 0 unspecified atom stereocenters. The molecule has 2 rings (SSSR count). The fourth-order valence-electron chi connectivity index (χ4n) is 2.37. The zero-order valence-electron chi connectivity index (χ0n) is 14.6. The molecule has 2 aromatic rings. The van der Waals surface area contributed by atoms with Crippen molar-refractivity contribution in [1.82, 2.24) is 10.9 Å². The van der Waals surface area contributed by atoms with Gasteiger partial charge in [0.25, 0.3) is 5.91 Å². The van der Waals surface area contributed by atoms with Gasteiger partial charge in [-0.15, -0.1) is 0 Å². The Morgan fingerprint density at radius 2 is 1.69 bits per heavy atom. The summed E-state index contributed by atoms with van der Waals surface area (Å²) in [5.74, 6) is -0.137. The number of aryl methyl sites for hydroxylation is 2. The Hall–Kier alpha value is -2.24. The lowest BCUT2D eigenvalue weighted by molar-refractivity contribution is -0.122. The van der Waals surface area contributed by atoms with Crippen LogP contribution in [0.5, 0.6) is 5.75 Å². The van der Waals surface area contributed by atoms with Crippen LogP contribution in [-0.2, 0) is 4.79 Å². The molecule has 5 nitrogen and oxygen atoms in total. The molecule has 138 valence electrons. The standard InChI is InChI=1S/C19H20Cl2N2O3/c1-12-8-13(2)10-14(9-12)19(25)23-22-18(24)4-3-7-26-17-6-5-15(20)11-16(17)21/h5-6,8-11H,3-4,7H2,1-2H3,(H,22,24)(H,23,25). The van der Waals surface area contributed by atoms with E-state index in [-0.39, 0.29) is 18.2 Å². The van der Waals surface area contributed by atoms with Crippen molar-refractivity contribution < 1.29 is 14.3 Å². The van der Waals surface area contributed by atoms with Crippen molar-refractivity contribution in [3.63, 3.8) is 0 Å². The van der Waals surface area contributed by atoms with Crippen molar-refractivity contribution in [2.24, 2.45) is 0 Å². The van der Waals surface area contributed by atoms with E-state index in [2.05, 4.69) is 10.9 Å². The van der Waals surface area contributed by atoms with E-state index in [4.69, 9.17) is 27.9 Å². The molecule has 7 heteroatoms. The van der Waals surface area contributed by atoms with Gasteiger partial charge in [-0.2, -0.15) is 0 Å². The largest absolute Gasteiger partial charge is 0.492 e. The normalized spacial score (nSPS) is 10.3. The molecule has 0 radical (unpaired) electrons. The highest BCUT2D eigenvalue weighted by atomic mass is 35.5. The summed E-state index contributed by atoms with van der Waals surface area (Å²) in [5.41, 5.74) is 7.29. The second kappa shape index (κ2) is 9.46. The predicted molar refractivity (Wildman–Crippen MR) is 103 cm³/mol. The Bertz CT molecular complexity index is 789. The molecule has 0 spiro atoms. The lowest BCUT2D eigenvalue weighted by atomic mass is 10.1. The number of hydrogen-bond donors (Lipinski definition) is 2. The number of carbonyl (C=O) groups is 2. The summed E-state index contributed by atoms with van der Waals surface area (Å²) in [7, 11) is 0. The molecule has 0 aliphatic carbocycles. The zero-order chi connectivity index (χ0) is 19.1. The van der Waals surface area contributed by atoms with Crippen molar-refractivity contribution in [3.05, 3.63) is 63.1 Å². The molecule has 0 saturated heterocycles. The van der Waals surface area contributed by atoms with Gasteiger partial charge in [-0.1, -0.05) is 40.4 Å². The van der Waals surface area contributed by atoms with Gasteiger partial charge in [0.15, 0.2) is 0 Å². The molecule has 0 aliphatic rings. The quantitative estimate of drug-likeness (QED) is 0.568. The third-order valence-corrected chi connectivity index (χ3v) is 4.03. The Morgan fingerprint density at radius 3 is 2.35 bits per heavy atom. The number of ether oxygens (including phenoxy) is 1. The molecule has 2 amide bonds. The van der Waals surface area contributed by atoms with Crippen LogP contribution in [0.1, 0.15) is 34.3 Å². The summed E-state index contributed by atoms with van der Waals surface area (Å²) in [5, 5.41) is 0.948. The van der Waals surface area contributed by atoms with Gasteiger partial charge in [-0.3, -0.25) is 20.4 Å². The number of hydrogen-bond acceptors (Lipinski definition) is 3. The summed E-state index contributed by atoms with van der Waals surface area (Å²) in [4.78, 5) is 23.9. The summed E-state index contributed by atoms with van der Waals surface area (Å²) in [6.07, 6.45) is 0.683. The van der Waals surface area contributed by atoms with Crippen LogP contribution in [0, 0.1) is 13.8 Å². The maximum atomic E-state index is 12.1. The first-order valence-electron chi connectivity index (χ1n) is 8.10. The topological polar surface area (TPSA) is 67.4 Å². The Labute approximate surface area is 162 Å². The molecule has 0 saturated carbocycles. The van der Waals surface area contributed by atoms with Crippen LogP contribution in [0.3, 0.4) is 0 Å². The number of benzene rings is 2. The summed E-state index contributed by atoms with van der Waals surface area (Å²) in [6.45, 7) is 4.14. The summed E-state index contributed by atoms with van der Waals surface area (Å²) < 4.78 is 5.51. The van der Waals surface area contributed by atoms with Crippen LogP contribution < -0.4 is 15.6 Å². The molecule has 0 aliphatic heterocycles. The van der Waals surface area contributed by atoms with Crippen LogP contribution in [0.2, 0.25) is 10.0 Å². The number of halogens is 2. The second-order valence-corrected chi connectivity index (χ2v) is 6.75. The number of amides is 2. The fourth-order valence-corrected chi connectivity index (χ4v) is 2.84. The molecule has 2 aromatic carbocycles. The third kappa shape index (κ3) is 6.24. The lowest BCUT2D eigenvalue weighted by Gasteiger charge is -2.10. The van der Waals surface area contributed by atoms with E-state index in [0.29, 0.717) is 34.4 Å². The van der Waals surface area contributed by atoms with Gasteiger partial charge in [0.2, 0.25) is 5.91 Å². The van der Waals surface area contributed by atoms with E-state index < -0.39 is 0 Å². The molecule has 0 aromatic heterocycles. The van der Waals surface area contributed by atoms with E-state index in [1.165, 1.54) is 0 Å². The van der Waals surface area contributed by atoms with Crippen LogP contribution >= 0.6 is 23.2 Å². The zero-order valence-corrected chi connectivity index (χ0v) is 16.1. The Balaban J connectivity index is 1.71. The molecule has 26 heavy (non-hydrogen) atoms. The molecule has 0 heterocycles. The molecule has 0 bridgehead atoms. The van der Waals surface area contributed by atoms with E-state index >= 15 is 0 Å². The van der Waals surface area contributed by atoms with E-state index in [0.717, 1.165) is 11.1 Å². The van der Waals surface area contributed by atoms with Crippen molar-refractivity contribution in [1.29, 1.82) is 0 Å². The third-order valence-electron chi connectivity index (χ3n) is 3.50. The van der Waals surface area contributed by atoms with Gasteiger partial charge in [0.05, 0.1) is 11.6 Å². The molecule has 0 atom stereocenters. The van der Waals surface area contributed by atoms with E-state index in [1.807, 2.05) is 19.9 Å². The van der Waals surface area contributed by atoms with Crippen LogP contribution in [0.4, 0.5) is 0 Å². The maximum Gasteiger partial charge on any atom is 0.269 e. The molecule has 0 fully saturated rings. The van der Waals surface area contributed by atoms with E-state index in [9.17, 15) is 9.59 Å². The summed E-state index contributed by atoms with van der Waals surface area (Å²) >= 11 is 11.8. The minimum atomic E-state index is -0.352. The van der Waals surface area contributed by atoms with Crippen molar-refractivity contribution in [2.75, 3.05) is 6.61 Å². The number of nitrogens with one attached hydrogen (secondary N) is 2. The second-order valence-electron chi connectivity index (χ2n) is 5.91. The monoisotopic (exact) mass is 394 g/mol. The minimum absolute atomic E-state index is 0.207. The van der Waals surface area contributed by atoms with Gasteiger partial charge in [-0.25, -0.2) is 0 Å². The van der Waals surface area contributed by atoms with Crippen LogP contribution in [-0.4, -0.2) is 18.4 Å².